The molecule has 0 aliphatic carbocycles. The van der Waals surface area contributed by atoms with Crippen molar-refractivity contribution in [1.29, 1.82) is 0 Å². The Hall–Kier alpha value is -3.39. The van der Waals surface area contributed by atoms with Crippen molar-refractivity contribution in [2.45, 2.75) is 32.2 Å². The van der Waals surface area contributed by atoms with Crippen molar-refractivity contribution in [2.24, 2.45) is 0 Å². The molecule has 1 fully saturated rings. The summed E-state index contributed by atoms with van der Waals surface area (Å²) < 4.78 is 11.6. The molecule has 0 bridgehead atoms. The number of carbonyl (C=O) groups is 2. The minimum absolute atomic E-state index is 0.0316. The Morgan fingerprint density at radius 3 is 2.42 bits per heavy atom. The molecule has 0 unspecified atom stereocenters. The average Bonchev–Trinajstić information content (AvgIpc) is 3.37. The van der Waals surface area contributed by atoms with Crippen molar-refractivity contribution >= 4 is 39.2 Å². The minimum atomic E-state index is -0.915. The summed E-state index contributed by atoms with van der Waals surface area (Å²) in [5.74, 6) is -0.548. The smallest absolute Gasteiger partial charge is 0.301 e. The standard InChI is InChI=1S/C25H23BrN2O5/c1-25(2,3)18-13-19(27-33-18)28-21(15-6-5-7-17(12-15)32-4)20(23(30)24(28)31)22(29)14-8-10-16(26)11-9-14/h5-13,21,29H,1-4H3/b22-20+/t21-/m1/s1. The summed E-state index contributed by atoms with van der Waals surface area (Å²) in [7, 11) is 1.53. The summed E-state index contributed by atoms with van der Waals surface area (Å²) >= 11 is 3.36. The highest BCUT2D eigenvalue weighted by Crippen LogP contribution is 2.43. The number of benzene rings is 2. The van der Waals surface area contributed by atoms with Crippen LogP contribution in [0.3, 0.4) is 0 Å². The number of halogens is 1. The van der Waals surface area contributed by atoms with E-state index in [-0.39, 0.29) is 22.6 Å². The molecule has 1 aliphatic rings. The van der Waals surface area contributed by atoms with Crippen molar-refractivity contribution in [2.75, 3.05) is 12.0 Å². The van der Waals surface area contributed by atoms with E-state index in [4.69, 9.17) is 9.26 Å². The highest BCUT2D eigenvalue weighted by Gasteiger charge is 2.48. The third kappa shape index (κ3) is 4.18. The number of ketones is 1. The molecular formula is C25H23BrN2O5. The number of amides is 1. The number of aliphatic hydroxyl groups is 1. The van der Waals surface area contributed by atoms with E-state index < -0.39 is 17.7 Å². The quantitative estimate of drug-likeness (QED) is 0.288. The Morgan fingerprint density at radius 2 is 1.82 bits per heavy atom. The summed E-state index contributed by atoms with van der Waals surface area (Å²) in [5.41, 5.74) is 0.630. The second-order valence-corrected chi connectivity index (χ2v) is 9.67. The molecule has 7 nitrogen and oxygen atoms in total. The van der Waals surface area contributed by atoms with Crippen LogP contribution in [0.1, 0.15) is 43.7 Å². The number of hydrogen-bond donors (Lipinski definition) is 1. The predicted octanol–water partition coefficient (Wildman–Crippen LogP) is 5.37. The van der Waals surface area contributed by atoms with E-state index in [1.807, 2.05) is 20.8 Å². The number of ether oxygens (including phenoxy) is 1. The number of anilines is 1. The van der Waals surface area contributed by atoms with Crippen LogP contribution >= 0.6 is 15.9 Å². The van der Waals surface area contributed by atoms with E-state index in [0.29, 0.717) is 22.6 Å². The van der Waals surface area contributed by atoms with Crippen molar-refractivity contribution < 1.29 is 24.0 Å². The van der Waals surface area contributed by atoms with Gasteiger partial charge in [-0.2, -0.15) is 0 Å². The zero-order chi connectivity index (χ0) is 23.9. The summed E-state index contributed by atoms with van der Waals surface area (Å²) in [6.07, 6.45) is 0. The molecule has 170 valence electrons. The Bertz CT molecular complexity index is 1250. The van der Waals surface area contributed by atoms with Gasteiger partial charge in [0.05, 0.1) is 18.7 Å². The van der Waals surface area contributed by atoms with Crippen LogP contribution < -0.4 is 9.64 Å². The maximum absolute atomic E-state index is 13.2. The number of aliphatic hydroxyl groups excluding tert-OH is 1. The summed E-state index contributed by atoms with van der Waals surface area (Å²) in [6.45, 7) is 5.87. The lowest BCUT2D eigenvalue weighted by molar-refractivity contribution is -0.132. The minimum Gasteiger partial charge on any atom is -0.507 e. The topological polar surface area (TPSA) is 92.9 Å². The van der Waals surface area contributed by atoms with E-state index in [1.165, 1.54) is 12.0 Å². The van der Waals surface area contributed by atoms with Crippen molar-refractivity contribution in [3.63, 3.8) is 0 Å². The van der Waals surface area contributed by atoms with Gasteiger partial charge in [0.1, 0.15) is 17.3 Å². The zero-order valence-electron chi connectivity index (χ0n) is 18.6. The lowest BCUT2D eigenvalue weighted by Crippen LogP contribution is -2.29. The first-order valence-electron chi connectivity index (χ1n) is 10.3. The molecule has 0 spiro atoms. The number of aromatic nitrogens is 1. The van der Waals surface area contributed by atoms with E-state index in [2.05, 4.69) is 21.1 Å². The fourth-order valence-corrected chi connectivity index (χ4v) is 3.96. The van der Waals surface area contributed by atoms with Crippen molar-refractivity contribution in [1.82, 2.24) is 5.16 Å². The molecule has 0 radical (unpaired) electrons. The van der Waals surface area contributed by atoms with Crippen molar-refractivity contribution in [3.8, 4) is 5.75 Å². The van der Waals surface area contributed by atoms with Gasteiger partial charge in [-0.15, -0.1) is 0 Å². The molecule has 2 heterocycles. The lowest BCUT2D eigenvalue weighted by Gasteiger charge is -2.23. The van der Waals surface area contributed by atoms with Gasteiger partial charge in [0, 0.05) is 21.5 Å². The normalized spacial score (nSPS) is 18.1. The highest BCUT2D eigenvalue weighted by molar-refractivity contribution is 9.10. The van der Waals surface area contributed by atoms with Crippen LogP contribution in [-0.2, 0) is 15.0 Å². The second kappa shape index (κ2) is 8.51. The first-order valence-corrected chi connectivity index (χ1v) is 11.1. The van der Waals surface area contributed by atoms with Gasteiger partial charge in [-0.1, -0.05) is 66.1 Å². The molecule has 1 aromatic heterocycles. The van der Waals surface area contributed by atoms with E-state index in [0.717, 1.165) is 4.47 Å². The van der Waals surface area contributed by atoms with Gasteiger partial charge in [-0.3, -0.25) is 14.5 Å². The molecule has 1 saturated heterocycles. The summed E-state index contributed by atoms with van der Waals surface area (Å²) in [5, 5.41) is 15.2. The van der Waals surface area contributed by atoms with Crippen LogP contribution in [0.2, 0.25) is 0 Å². The molecule has 1 amide bonds. The molecule has 0 saturated carbocycles. The van der Waals surface area contributed by atoms with E-state index in [1.54, 1.807) is 54.6 Å². The molecule has 1 atom stereocenters. The first kappa shape index (κ1) is 22.8. The number of methoxy groups -OCH3 is 1. The third-order valence-electron chi connectivity index (χ3n) is 5.46. The number of rotatable bonds is 4. The van der Waals surface area contributed by atoms with Gasteiger partial charge in [-0.05, 0) is 29.8 Å². The number of Topliss-reactive ketones (excluding diaryl/α,β-unsaturated/α-hetero) is 1. The molecule has 2 aromatic carbocycles. The Balaban J connectivity index is 1.93. The predicted molar refractivity (Wildman–Crippen MR) is 127 cm³/mol. The van der Waals surface area contributed by atoms with E-state index in [9.17, 15) is 14.7 Å². The van der Waals surface area contributed by atoms with Gasteiger partial charge in [-0.25, -0.2) is 0 Å². The monoisotopic (exact) mass is 510 g/mol. The van der Waals surface area contributed by atoms with Crippen LogP contribution in [0.5, 0.6) is 5.75 Å². The third-order valence-corrected chi connectivity index (χ3v) is 5.98. The van der Waals surface area contributed by atoms with Crippen molar-refractivity contribution in [3.05, 3.63) is 81.5 Å². The fraction of sp³-hybridized carbons (Fsp3) is 0.240. The van der Waals surface area contributed by atoms with Gasteiger partial charge >= 0.3 is 5.91 Å². The van der Waals surface area contributed by atoms with E-state index >= 15 is 0 Å². The molecule has 33 heavy (non-hydrogen) atoms. The molecule has 1 N–H and O–H groups in total. The van der Waals surface area contributed by atoms with Gasteiger partial charge in [0.2, 0.25) is 0 Å². The fourth-order valence-electron chi connectivity index (χ4n) is 3.69. The van der Waals surface area contributed by atoms with Crippen LogP contribution in [0.15, 0.2) is 69.2 Å². The Morgan fingerprint density at radius 1 is 1.12 bits per heavy atom. The molecule has 3 aromatic rings. The summed E-state index contributed by atoms with van der Waals surface area (Å²) in [4.78, 5) is 27.7. The maximum Gasteiger partial charge on any atom is 0.301 e. The highest BCUT2D eigenvalue weighted by atomic mass is 79.9. The van der Waals surface area contributed by atoms with Gasteiger partial charge in [0.25, 0.3) is 5.78 Å². The van der Waals surface area contributed by atoms with Gasteiger partial charge < -0.3 is 14.4 Å². The molecule has 1 aliphatic heterocycles. The molecule has 8 heteroatoms. The Labute approximate surface area is 199 Å². The van der Waals surface area contributed by atoms with Crippen LogP contribution in [-0.4, -0.2) is 29.1 Å². The number of carbonyl (C=O) groups excluding carboxylic acids is 2. The summed E-state index contributed by atoms with van der Waals surface area (Å²) in [6, 6.07) is 14.6. The SMILES string of the molecule is COc1cccc([C@@H]2/C(=C(\O)c3ccc(Br)cc3)C(=O)C(=O)N2c2cc(C(C)(C)C)on2)c1. The number of hydrogen-bond acceptors (Lipinski definition) is 6. The molecular weight excluding hydrogens is 488 g/mol. The molecule has 4 rings (SSSR count). The van der Waals surface area contributed by atoms with Crippen LogP contribution in [0.4, 0.5) is 5.82 Å². The average molecular weight is 511 g/mol. The first-order chi connectivity index (χ1) is 15.6. The second-order valence-electron chi connectivity index (χ2n) is 8.75. The van der Waals surface area contributed by atoms with Gasteiger partial charge in [0.15, 0.2) is 5.82 Å². The Kier molecular flexibility index (Phi) is 5.88. The van der Waals surface area contributed by atoms with Crippen LogP contribution in [0.25, 0.3) is 5.76 Å². The largest absolute Gasteiger partial charge is 0.507 e. The lowest BCUT2D eigenvalue weighted by atomic mass is 9.93. The van der Waals surface area contributed by atoms with Crippen LogP contribution in [0, 0.1) is 0 Å². The maximum atomic E-state index is 13.2. The zero-order valence-corrected chi connectivity index (χ0v) is 20.2. The number of nitrogens with zero attached hydrogens (tertiary/aromatic N) is 2.